The first-order valence-corrected chi connectivity index (χ1v) is 6.34. The molecule has 0 unspecified atom stereocenters. The number of aryl methyl sites for hydroxylation is 1. The molecule has 0 fully saturated rings. The van der Waals surface area contributed by atoms with Crippen molar-refractivity contribution in [3.63, 3.8) is 0 Å². The Balaban J connectivity index is 2.45. The lowest BCUT2D eigenvalue weighted by Gasteiger charge is -2.14. The van der Waals surface area contributed by atoms with Crippen LogP contribution in [0.1, 0.15) is 24.0 Å². The highest BCUT2D eigenvalue weighted by molar-refractivity contribution is 6.30. The standard InChI is InChI=1S/C14H18ClNO/c1-10-8-12(15)9-13(14(10)17-2)11-4-3-6-16-7-5-11/h4,8-9,16H,3,5-7H2,1-2H3. The molecule has 2 nitrogen and oxygen atoms in total. The fraction of sp³-hybridized carbons (Fsp3) is 0.429. The Bertz CT molecular complexity index is 440. The molecule has 0 amide bonds. The van der Waals surface area contributed by atoms with Gasteiger partial charge in [0.15, 0.2) is 0 Å². The molecule has 3 heteroatoms. The van der Waals surface area contributed by atoms with Crippen molar-refractivity contribution in [2.75, 3.05) is 20.2 Å². The largest absolute Gasteiger partial charge is 0.496 e. The first kappa shape index (κ1) is 12.5. The summed E-state index contributed by atoms with van der Waals surface area (Å²) >= 11 is 6.14. The van der Waals surface area contributed by atoms with Gasteiger partial charge >= 0.3 is 0 Å². The zero-order valence-corrected chi connectivity index (χ0v) is 11.1. The molecular formula is C14H18ClNO. The minimum absolute atomic E-state index is 0.774. The molecule has 1 aliphatic rings. The SMILES string of the molecule is COc1c(C)cc(Cl)cc1C1=CCCNCC1. The normalized spacial score (nSPS) is 16.3. The Kier molecular flexibility index (Phi) is 4.08. The number of halogens is 1. The predicted octanol–water partition coefficient (Wildman–Crippen LogP) is 3.42. The molecule has 0 aromatic heterocycles. The van der Waals surface area contributed by atoms with Crippen LogP contribution in [0.15, 0.2) is 18.2 Å². The Hall–Kier alpha value is -0.990. The van der Waals surface area contributed by atoms with Gasteiger partial charge in [-0.05, 0) is 56.1 Å². The van der Waals surface area contributed by atoms with E-state index < -0.39 is 0 Å². The van der Waals surface area contributed by atoms with Gasteiger partial charge in [-0.25, -0.2) is 0 Å². The number of nitrogens with one attached hydrogen (secondary N) is 1. The van der Waals surface area contributed by atoms with Gasteiger partial charge < -0.3 is 10.1 Å². The molecule has 0 saturated heterocycles. The Morgan fingerprint density at radius 3 is 2.88 bits per heavy atom. The van der Waals surface area contributed by atoms with Gasteiger partial charge in [-0.2, -0.15) is 0 Å². The third kappa shape index (κ3) is 2.82. The van der Waals surface area contributed by atoms with Crippen molar-refractivity contribution >= 4 is 17.2 Å². The number of rotatable bonds is 2. The van der Waals surface area contributed by atoms with Gasteiger partial charge in [0, 0.05) is 10.6 Å². The van der Waals surface area contributed by atoms with Gasteiger partial charge in [-0.15, -0.1) is 0 Å². The molecule has 1 aromatic carbocycles. The van der Waals surface area contributed by atoms with E-state index in [-0.39, 0.29) is 0 Å². The molecule has 1 aromatic rings. The van der Waals surface area contributed by atoms with Crippen molar-refractivity contribution in [1.29, 1.82) is 0 Å². The van der Waals surface area contributed by atoms with Gasteiger partial charge in [0.05, 0.1) is 7.11 Å². The minimum Gasteiger partial charge on any atom is -0.496 e. The van der Waals surface area contributed by atoms with Crippen molar-refractivity contribution in [2.45, 2.75) is 19.8 Å². The molecule has 1 N–H and O–H groups in total. The zero-order valence-electron chi connectivity index (χ0n) is 10.3. The highest BCUT2D eigenvalue weighted by Gasteiger charge is 2.13. The maximum absolute atomic E-state index is 6.14. The van der Waals surface area contributed by atoms with Gasteiger partial charge in [-0.3, -0.25) is 0 Å². The van der Waals surface area contributed by atoms with E-state index in [0.717, 1.165) is 47.8 Å². The molecule has 0 spiro atoms. The third-order valence-electron chi connectivity index (χ3n) is 3.07. The summed E-state index contributed by atoms with van der Waals surface area (Å²) in [4.78, 5) is 0. The number of benzene rings is 1. The molecule has 1 aliphatic heterocycles. The molecule has 0 radical (unpaired) electrons. The number of ether oxygens (including phenoxy) is 1. The number of hydrogen-bond donors (Lipinski definition) is 1. The van der Waals surface area contributed by atoms with Crippen LogP contribution in [0.2, 0.25) is 5.02 Å². The number of hydrogen-bond acceptors (Lipinski definition) is 2. The molecule has 2 rings (SSSR count). The molecular weight excluding hydrogens is 234 g/mol. The van der Waals surface area contributed by atoms with Gasteiger partial charge in [0.2, 0.25) is 0 Å². The van der Waals surface area contributed by atoms with Crippen LogP contribution < -0.4 is 10.1 Å². The van der Waals surface area contributed by atoms with Crippen molar-refractivity contribution in [3.8, 4) is 5.75 Å². The van der Waals surface area contributed by atoms with Gasteiger partial charge in [-0.1, -0.05) is 17.7 Å². The van der Waals surface area contributed by atoms with E-state index in [9.17, 15) is 0 Å². The van der Waals surface area contributed by atoms with Gasteiger partial charge in [0.1, 0.15) is 5.75 Å². The number of methoxy groups -OCH3 is 1. The molecule has 0 saturated carbocycles. The average Bonchev–Trinajstić information content (AvgIpc) is 2.56. The molecule has 92 valence electrons. The quantitative estimate of drug-likeness (QED) is 0.870. The smallest absolute Gasteiger partial charge is 0.129 e. The maximum atomic E-state index is 6.14. The molecule has 0 bridgehead atoms. The minimum atomic E-state index is 0.774. The lowest BCUT2D eigenvalue weighted by Crippen LogP contribution is -2.13. The van der Waals surface area contributed by atoms with Crippen LogP contribution in [-0.2, 0) is 0 Å². The highest BCUT2D eigenvalue weighted by atomic mass is 35.5. The summed E-state index contributed by atoms with van der Waals surface area (Å²) in [6.07, 6.45) is 4.37. The van der Waals surface area contributed by atoms with E-state index in [2.05, 4.69) is 11.4 Å². The first-order chi connectivity index (χ1) is 8.22. The van der Waals surface area contributed by atoms with Gasteiger partial charge in [0.25, 0.3) is 0 Å². The van der Waals surface area contributed by atoms with Crippen molar-refractivity contribution in [1.82, 2.24) is 5.32 Å². The van der Waals surface area contributed by atoms with Crippen LogP contribution in [0.4, 0.5) is 0 Å². The second-order valence-electron chi connectivity index (χ2n) is 4.32. The highest BCUT2D eigenvalue weighted by Crippen LogP contribution is 2.34. The summed E-state index contributed by atoms with van der Waals surface area (Å²) in [5.41, 5.74) is 3.56. The van der Waals surface area contributed by atoms with E-state index in [1.54, 1.807) is 7.11 Å². The summed E-state index contributed by atoms with van der Waals surface area (Å²) in [5.74, 6) is 0.947. The first-order valence-electron chi connectivity index (χ1n) is 5.96. The van der Waals surface area contributed by atoms with Crippen LogP contribution in [0, 0.1) is 6.92 Å². The average molecular weight is 252 g/mol. The topological polar surface area (TPSA) is 21.3 Å². The van der Waals surface area contributed by atoms with Crippen molar-refractivity contribution < 1.29 is 4.74 Å². The lowest BCUT2D eigenvalue weighted by molar-refractivity contribution is 0.410. The Labute approximate surface area is 108 Å². The summed E-state index contributed by atoms with van der Waals surface area (Å²) in [6, 6.07) is 3.95. The summed E-state index contributed by atoms with van der Waals surface area (Å²) in [6.45, 7) is 4.09. The van der Waals surface area contributed by atoms with Crippen LogP contribution in [0.25, 0.3) is 5.57 Å². The Morgan fingerprint density at radius 2 is 2.12 bits per heavy atom. The summed E-state index contributed by atoms with van der Waals surface area (Å²) < 4.78 is 5.51. The second-order valence-corrected chi connectivity index (χ2v) is 4.76. The molecule has 0 aliphatic carbocycles. The van der Waals surface area contributed by atoms with Crippen LogP contribution in [0.3, 0.4) is 0 Å². The van der Waals surface area contributed by atoms with E-state index in [1.807, 2.05) is 19.1 Å². The van der Waals surface area contributed by atoms with E-state index in [0.29, 0.717) is 0 Å². The van der Waals surface area contributed by atoms with Crippen molar-refractivity contribution in [3.05, 3.63) is 34.4 Å². The third-order valence-corrected chi connectivity index (χ3v) is 3.29. The fourth-order valence-electron chi connectivity index (χ4n) is 2.28. The monoisotopic (exact) mass is 251 g/mol. The van der Waals surface area contributed by atoms with Crippen LogP contribution in [0.5, 0.6) is 5.75 Å². The fourth-order valence-corrected chi connectivity index (χ4v) is 2.56. The lowest BCUT2D eigenvalue weighted by atomic mass is 9.99. The second kappa shape index (κ2) is 5.56. The van der Waals surface area contributed by atoms with E-state index >= 15 is 0 Å². The Morgan fingerprint density at radius 1 is 1.29 bits per heavy atom. The van der Waals surface area contributed by atoms with E-state index in [4.69, 9.17) is 16.3 Å². The van der Waals surface area contributed by atoms with E-state index in [1.165, 1.54) is 5.57 Å². The maximum Gasteiger partial charge on any atom is 0.129 e. The van der Waals surface area contributed by atoms with Crippen molar-refractivity contribution in [2.24, 2.45) is 0 Å². The summed E-state index contributed by atoms with van der Waals surface area (Å²) in [7, 11) is 1.72. The molecule has 17 heavy (non-hydrogen) atoms. The van der Waals surface area contributed by atoms with Crippen LogP contribution >= 0.6 is 11.6 Å². The predicted molar refractivity (Wildman–Crippen MR) is 72.8 cm³/mol. The zero-order chi connectivity index (χ0) is 12.3. The summed E-state index contributed by atoms with van der Waals surface area (Å²) in [5, 5.41) is 4.16. The molecule has 0 atom stereocenters. The van der Waals surface area contributed by atoms with Crippen LogP contribution in [-0.4, -0.2) is 20.2 Å². The molecule has 1 heterocycles.